The summed E-state index contributed by atoms with van der Waals surface area (Å²) in [6.07, 6.45) is -4.73. The summed E-state index contributed by atoms with van der Waals surface area (Å²) in [6.45, 7) is 1.00. The van der Waals surface area contributed by atoms with Crippen molar-refractivity contribution in [1.29, 1.82) is 0 Å². The molecule has 3 rings (SSSR count). The Kier molecular flexibility index (Phi) is 5.34. The van der Waals surface area contributed by atoms with Crippen molar-refractivity contribution in [1.82, 2.24) is 4.31 Å². The predicted molar refractivity (Wildman–Crippen MR) is 95.4 cm³/mol. The lowest BCUT2D eigenvalue weighted by Gasteiger charge is -2.35. The van der Waals surface area contributed by atoms with Crippen LogP contribution in [0.2, 0.25) is 0 Å². The molecule has 2 aromatic rings. The largest absolute Gasteiger partial charge is 0.497 e. The van der Waals surface area contributed by atoms with Gasteiger partial charge in [0.1, 0.15) is 5.75 Å². The normalized spacial score (nSPS) is 16.4. The van der Waals surface area contributed by atoms with E-state index in [-0.39, 0.29) is 13.1 Å². The van der Waals surface area contributed by atoms with Crippen LogP contribution in [0.1, 0.15) is 5.56 Å². The minimum absolute atomic E-state index is 0.112. The van der Waals surface area contributed by atoms with Gasteiger partial charge in [0.25, 0.3) is 0 Å². The standard InChI is InChI=1S/C18H19F3N2O3S/c1-26-15-8-6-14(7-9-15)22-10-12-23(13-11-22)27(24,25)17-5-3-2-4-16(17)18(19,20)21/h2-9H,10-13H2,1H3. The van der Waals surface area contributed by atoms with E-state index in [0.717, 1.165) is 22.1 Å². The monoisotopic (exact) mass is 400 g/mol. The smallest absolute Gasteiger partial charge is 0.417 e. The van der Waals surface area contributed by atoms with Gasteiger partial charge in [-0.1, -0.05) is 12.1 Å². The Morgan fingerprint density at radius 3 is 2.07 bits per heavy atom. The molecule has 2 aromatic carbocycles. The van der Waals surface area contributed by atoms with Gasteiger partial charge in [0, 0.05) is 31.9 Å². The summed E-state index contributed by atoms with van der Waals surface area (Å²) in [6, 6.07) is 11.6. The molecule has 0 bridgehead atoms. The fourth-order valence-electron chi connectivity index (χ4n) is 3.04. The van der Waals surface area contributed by atoms with Crippen molar-refractivity contribution in [3.05, 3.63) is 54.1 Å². The molecule has 1 heterocycles. The van der Waals surface area contributed by atoms with Gasteiger partial charge in [0.2, 0.25) is 10.0 Å². The van der Waals surface area contributed by atoms with Gasteiger partial charge in [-0.3, -0.25) is 0 Å². The van der Waals surface area contributed by atoms with Crippen molar-refractivity contribution in [2.45, 2.75) is 11.1 Å². The molecular formula is C18H19F3N2O3S. The Hall–Kier alpha value is -2.26. The SMILES string of the molecule is COc1ccc(N2CCN(S(=O)(=O)c3ccccc3C(F)(F)F)CC2)cc1. The highest BCUT2D eigenvalue weighted by molar-refractivity contribution is 7.89. The summed E-state index contributed by atoms with van der Waals surface area (Å²) in [7, 11) is -2.66. The molecule has 1 aliphatic heterocycles. The molecular weight excluding hydrogens is 381 g/mol. The van der Waals surface area contributed by atoms with Crippen molar-refractivity contribution in [2.24, 2.45) is 0 Å². The number of hydrogen-bond donors (Lipinski definition) is 0. The van der Waals surface area contributed by atoms with Crippen molar-refractivity contribution >= 4 is 15.7 Å². The van der Waals surface area contributed by atoms with Gasteiger partial charge in [0.15, 0.2) is 0 Å². The highest BCUT2D eigenvalue weighted by Crippen LogP contribution is 2.35. The van der Waals surface area contributed by atoms with Gasteiger partial charge in [-0.15, -0.1) is 0 Å². The molecule has 5 nitrogen and oxygen atoms in total. The summed E-state index contributed by atoms with van der Waals surface area (Å²) in [5.74, 6) is 0.712. The van der Waals surface area contributed by atoms with Crippen LogP contribution in [0.15, 0.2) is 53.4 Å². The highest BCUT2D eigenvalue weighted by Gasteiger charge is 2.39. The molecule has 0 amide bonds. The molecule has 0 radical (unpaired) electrons. The van der Waals surface area contributed by atoms with E-state index < -0.39 is 26.7 Å². The van der Waals surface area contributed by atoms with E-state index in [4.69, 9.17) is 4.74 Å². The molecule has 1 aliphatic rings. The summed E-state index contributed by atoms with van der Waals surface area (Å²) < 4.78 is 71.3. The zero-order valence-electron chi connectivity index (χ0n) is 14.6. The maximum absolute atomic E-state index is 13.2. The number of methoxy groups -OCH3 is 1. The number of anilines is 1. The molecule has 0 unspecified atom stereocenters. The van der Waals surface area contributed by atoms with Gasteiger partial charge < -0.3 is 9.64 Å². The van der Waals surface area contributed by atoms with Crippen LogP contribution in [0.25, 0.3) is 0 Å². The summed E-state index contributed by atoms with van der Waals surface area (Å²) in [5.41, 5.74) is -0.230. The second-order valence-electron chi connectivity index (χ2n) is 6.08. The van der Waals surface area contributed by atoms with E-state index >= 15 is 0 Å². The maximum Gasteiger partial charge on any atom is 0.417 e. The minimum Gasteiger partial charge on any atom is -0.497 e. The van der Waals surface area contributed by atoms with Gasteiger partial charge >= 0.3 is 6.18 Å². The number of nitrogens with zero attached hydrogens (tertiary/aromatic N) is 2. The van der Waals surface area contributed by atoms with Crippen LogP contribution < -0.4 is 9.64 Å². The van der Waals surface area contributed by atoms with Crippen LogP contribution >= 0.6 is 0 Å². The fraction of sp³-hybridized carbons (Fsp3) is 0.333. The zero-order valence-corrected chi connectivity index (χ0v) is 15.4. The molecule has 0 atom stereocenters. The van der Waals surface area contributed by atoms with Crippen LogP contribution in [0.5, 0.6) is 5.75 Å². The van der Waals surface area contributed by atoms with E-state index in [2.05, 4.69) is 0 Å². The van der Waals surface area contributed by atoms with Gasteiger partial charge in [-0.25, -0.2) is 8.42 Å². The first-order valence-electron chi connectivity index (χ1n) is 8.29. The van der Waals surface area contributed by atoms with Crippen molar-refractivity contribution in [3.63, 3.8) is 0 Å². The minimum atomic E-state index is -4.73. The van der Waals surface area contributed by atoms with Gasteiger partial charge in [-0.2, -0.15) is 17.5 Å². The Balaban J connectivity index is 1.77. The van der Waals surface area contributed by atoms with Crippen LogP contribution in [0, 0.1) is 0 Å². The Morgan fingerprint density at radius 2 is 1.52 bits per heavy atom. The molecule has 0 N–H and O–H groups in total. The number of halogens is 3. The van der Waals surface area contributed by atoms with E-state index in [9.17, 15) is 21.6 Å². The summed E-state index contributed by atoms with van der Waals surface area (Å²) in [4.78, 5) is 1.29. The second kappa shape index (κ2) is 7.40. The summed E-state index contributed by atoms with van der Waals surface area (Å²) >= 11 is 0. The van der Waals surface area contributed by atoms with E-state index in [1.807, 2.05) is 17.0 Å². The van der Waals surface area contributed by atoms with Crippen LogP contribution in [-0.4, -0.2) is 46.0 Å². The first-order chi connectivity index (χ1) is 12.7. The quantitative estimate of drug-likeness (QED) is 0.791. The molecule has 0 saturated carbocycles. The predicted octanol–water partition coefficient (Wildman–Crippen LogP) is 3.22. The average molecular weight is 400 g/mol. The zero-order chi connectivity index (χ0) is 19.7. The van der Waals surface area contributed by atoms with Crippen LogP contribution in [0.3, 0.4) is 0 Å². The lowest BCUT2D eigenvalue weighted by Crippen LogP contribution is -2.48. The topological polar surface area (TPSA) is 49.9 Å². The Labute approximate surface area is 156 Å². The number of alkyl halides is 3. The third kappa shape index (κ3) is 4.03. The molecule has 9 heteroatoms. The summed E-state index contributed by atoms with van der Waals surface area (Å²) in [5, 5.41) is 0. The van der Waals surface area contributed by atoms with E-state index in [0.29, 0.717) is 18.8 Å². The average Bonchev–Trinajstić information content (AvgIpc) is 2.67. The molecule has 1 fully saturated rings. The van der Waals surface area contributed by atoms with Crippen molar-refractivity contribution < 1.29 is 26.3 Å². The lowest BCUT2D eigenvalue weighted by molar-refractivity contribution is -0.139. The van der Waals surface area contributed by atoms with Crippen molar-refractivity contribution in [2.75, 3.05) is 38.2 Å². The van der Waals surface area contributed by atoms with Crippen LogP contribution in [-0.2, 0) is 16.2 Å². The van der Waals surface area contributed by atoms with E-state index in [1.165, 1.54) is 12.1 Å². The number of hydrogen-bond acceptors (Lipinski definition) is 4. The molecule has 0 aromatic heterocycles. The molecule has 0 aliphatic carbocycles. The number of piperazine rings is 1. The molecule has 27 heavy (non-hydrogen) atoms. The van der Waals surface area contributed by atoms with Gasteiger partial charge in [-0.05, 0) is 36.4 Å². The molecule has 0 spiro atoms. The van der Waals surface area contributed by atoms with Crippen molar-refractivity contribution in [3.8, 4) is 5.75 Å². The first-order valence-corrected chi connectivity index (χ1v) is 9.73. The number of rotatable bonds is 4. The fourth-order valence-corrected chi connectivity index (χ4v) is 4.68. The number of benzene rings is 2. The Morgan fingerprint density at radius 1 is 0.926 bits per heavy atom. The third-order valence-electron chi connectivity index (χ3n) is 4.49. The maximum atomic E-state index is 13.2. The highest BCUT2D eigenvalue weighted by atomic mass is 32.2. The number of ether oxygens (including phenoxy) is 1. The Bertz CT molecular complexity index is 891. The van der Waals surface area contributed by atoms with Crippen LogP contribution in [0.4, 0.5) is 18.9 Å². The third-order valence-corrected chi connectivity index (χ3v) is 6.44. The number of sulfonamides is 1. The van der Waals surface area contributed by atoms with Gasteiger partial charge in [0.05, 0.1) is 17.6 Å². The second-order valence-corrected chi connectivity index (χ2v) is 7.99. The first kappa shape index (κ1) is 19.5. The van der Waals surface area contributed by atoms with E-state index in [1.54, 1.807) is 19.2 Å². The lowest BCUT2D eigenvalue weighted by atomic mass is 10.2. The molecule has 1 saturated heterocycles. The molecule has 146 valence electrons.